The number of carbonyl (C=O) groups excluding carboxylic acids is 1. The predicted molar refractivity (Wildman–Crippen MR) is 115 cm³/mol. The van der Waals surface area contributed by atoms with E-state index in [9.17, 15) is 9.18 Å². The number of rotatable bonds is 7. The number of aromatic nitrogens is 4. The fourth-order valence-corrected chi connectivity index (χ4v) is 3.30. The molecule has 0 unspecified atom stereocenters. The molecule has 3 N–H and O–H groups in total. The maximum atomic E-state index is 14.7. The minimum Gasteiger partial charge on any atom is -0.481 e. The van der Waals surface area contributed by atoms with Crippen LogP contribution in [-0.2, 0) is 13.0 Å². The summed E-state index contributed by atoms with van der Waals surface area (Å²) in [5.74, 6) is 0.133. The first-order valence-electron chi connectivity index (χ1n) is 9.64. The van der Waals surface area contributed by atoms with Crippen LogP contribution in [0.1, 0.15) is 27.0 Å². The van der Waals surface area contributed by atoms with Crippen molar-refractivity contribution >= 4 is 22.8 Å². The summed E-state index contributed by atoms with van der Waals surface area (Å²) in [6.07, 6.45) is 5.23. The van der Waals surface area contributed by atoms with Crippen molar-refractivity contribution < 1.29 is 13.9 Å². The highest BCUT2D eigenvalue weighted by atomic mass is 19.1. The molecule has 0 atom stereocenters. The van der Waals surface area contributed by atoms with E-state index < -0.39 is 5.95 Å². The van der Waals surface area contributed by atoms with Crippen LogP contribution < -0.4 is 15.4 Å². The van der Waals surface area contributed by atoms with E-state index in [0.29, 0.717) is 41.4 Å². The Labute approximate surface area is 177 Å². The molecular formula is C22H21FN6O2. The number of pyridine rings is 3. The number of halogens is 1. The fourth-order valence-electron chi connectivity index (χ4n) is 3.30. The first kappa shape index (κ1) is 20.3. The van der Waals surface area contributed by atoms with Gasteiger partial charge < -0.3 is 20.4 Å². The van der Waals surface area contributed by atoms with Gasteiger partial charge in [-0.3, -0.25) is 4.79 Å². The lowest BCUT2D eigenvalue weighted by molar-refractivity contribution is 0.0963. The summed E-state index contributed by atoms with van der Waals surface area (Å²) in [6, 6.07) is 8.85. The van der Waals surface area contributed by atoms with Gasteiger partial charge in [-0.1, -0.05) is 12.1 Å². The van der Waals surface area contributed by atoms with Crippen molar-refractivity contribution in [1.82, 2.24) is 25.3 Å². The molecule has 8 nitrogen and oxygen atoms in total. The Bertz CT molecular complexity index is 1240. The highest BCUT2D eigenvalue weighted by molar-refractivity contribution is 5.97. The summed E-state index contributed by atoms with van der Waals surface area (Å²) in [6.45, 7) is 0.402. The lowest BCUT2D eigenvalue weighted by atomic mass is 10.1. The van der Waals surface area contributed by atoms with Gasteiger partial charge in [-0.15, -0.1) is 0 Å². The largest absolute Gasteiger partial charge is 0.481 e. The number of amides is 1. The van der Waals surface area contributed by atoms with Crippen molar-refractivity contribution in [3.8, 4) is 5.88 Å². The third-order valence-corrected chi connectivity index (χ3v) is 4.92. The molecule has 0 aliphatic rings. The summed E-state index contributed by atoms with van der Waals surface area (Å²) in [7, 11) is 3.11. The SMILES string of the molecule is CNC(=O)c1cnc2[nH]cc(Cc3ccc(NCc4cccnc4OC)nc3F)c2c1. The molecule has 0 aliphatic carbocycles. The van der Waals surface area contributed by atoms with Gasteiger partial charge in [0.1, 0.15) is 11.5 Å². The van der Waals surface area contributed by atoms with Crippen LogP contribution in [-0.4, -0.2) is 40.0 Å². The standard InChI is InChI=1S/C22H21FN6O2/c1-24-21(30)16-9-17-15(11-27-20(17)28-12-16)8-13-5-6-18(29-19(13)23)26-10-14-4-3-7-25-22(14)31-2/h3-7,9,11-12H,8,10H2,1-2H3,(H,24,30)(H,26,29)(H,27,28). The molecule has 0 aliphatic heterocycles. The number of anilines is 1. The van der Waals surface area contributed by atoms with Crippen molar-refractivity contribution in [3.63, 3.8) is 0 Å². The van der Waals surface area contributed by atoms with E-state index >= 15 is 0 Å². The zero-order valence-corrected chi connectivity index (χ0v) is 17.1. The van der Waals surface area contributed by atoms with Gasteiger partial charge in [0, 0.05) is 55.1 Å². The number of nitrogens with zero attached hydrogens (tertiary/aromatic N) is 3. The highest BCUT2D eigenvalue weighted by Crippen LogP contribution is 2.23. The number of hydrogen-bond donors (Lipinski definition) is 3. The molecule has 9 heteroatoms. The Balaban J connectivity index is 1.52. The topological polar surface area (TPSA) is 105 Å². The molecule has 0 aromatic carbocycles. The molecule has 0 saturated heterocycles. The Morgan fingerprint density at radius 1 is 1.19 bits per heavy atom. The van der Waals surface area contributed by atoms with Gasteiger partial charge in [-0.05, 0) is 23.8 Å². The van der Waals surface area contributed by atoms with E-state index in [-0.39, 0.29) is 5.91 Å². The molecular weight excluding hydrogens is 399 g/mol. The number of H-pyrrole nitrogens is 1. The Morgan fingerprint density at radius 3 is 2.84 bits per heavy atom. The molecule has 0 fully saturated rings. The Morgan fingerprint density at radius 2 is 2.06 bits per heavy atom. The number of methoxy groups -OCH3 is 1. The number of hydrogen-bond acceptors (Lipinski definition) is 6. The molecule has 1 amide bonds. The normalized spacial score (nSPS) is 10.8. The van der Waals surface area contributed by atoms with Crippen molar-refractivity contribution in [2.45, 2.75) is 13.0 Å². The second-order valence-electron chi connectivity index (χ2n) is 6.86. The van der Waals surface area contributed by atoms with Crippen LogP contribution in [0.3, 0.4) is 0 Å². The molecule has 31 heavy (non-hydrogen) atoms. The van der Waals surface area contributed by atoms with Gasteiger partial charge in [-0.2, -0.15) is 4.39 Å². The molecule has 0 spiro atoms. The van der Waals surface area contributed by atoms with Crippen LogP contribution in [0.15, 0.2) is 48.9 Å². The monoisotopic (exact) mass is 420 g/mol. The first-order chi connectivity index (χ1) is 15.1. The molecule has 0 saturated carbocycles. The van der Waals surface area contributed by atoms with E-state index in [1.807, 2.05) is 12.1 Å². The van der Waals surface area contributed by atoms with Crippen molar-refractivity contribution in [1.29, 1.82) is 0 Å². The summed E-state index contributed by atoms with van der Waals surface area (Å²) in [5.41, 5.74) is 3.19. The summed E-state index contributed by atoms with van der Waals surface area (Å²) < 4.78 is 19.9. The number of ether oxygens (including phenoxy) is 1. The van der Waals surface area contributed by atoms with Gasteiger partial charge >= 0.3 is 0 Å². The molecule has 4 heterocycles. The van der Waals surface area contributed by atoms with Crippen LogP contribution in [0.25, 0.3) is 11.0 Å². The van der Waals surface area contributed by atoms with E-state index in [1.165, 1.54) is 6.20 Å². The summed E-state index contributed by atoms with van der Waals surface area (Å²) in [4.78, 5) is 27.4. The van der Waals surface area contributed by atoms with Gasteiger partial charge in [-0.25, -0.2) is 15.0 Å². The summed E-state index contributed by atoms with van der Waals surface area (Å²) in [5, 5.41) is 6.43. The predicted octanol–water partition coefficient (Wildman–Crippen LogP) is 3.06. The third-order valence-electron chi connectivity index (χ3n) is 4.92. The minimum absolute atomic E-state index is 0.227. The second kappa shape index (κ2) is 8.78. The highest BCUT2D eigenvalue weighted by Gasteiger charge is 2.13. The Hall–Kier alpha value is -4.01. The van der Waals surface area contributed by atoms with Crippen LogP contribution in [0, 0.1) is 5.95 Å². The number of fused-ring (bicyclic) bond motifs is 1. The van der Waals surface area contributed by atoms with E-state index in [2.05, 4.69) is 30.6 Å². The Kier molecular flexibility index (Phi) is 5.74. The number of carbonyl (C=O) groups is 1. The second-order valence-corrected chi connectivity index (χ2v) is 6.86. The fraction of sp³-hybridized carbons (Fsp3) is 0.182. The van der Waals surface area contributed by atoms with E-state index in [0.717, 1.165) is 16.5 Å². The molecule has 4 aromatic heterocycles. The zero-order chi connectivity index (χ0) is 21.8. The van der Waals surface area contributed by atoms with Crippen LogP contribution in [0.4, 0.5) is 10.2 Å². The molecule has 4 rings (SSSR count). The molecule has 4 aromatic rings. The van der Waals surface area contributed by atoms with Crippen LogP contribution >= 0.6 is 0 Å². The van der Waals surface area contributed by atoms with Crippen molar-refractivity contribution in [2.75, 3.05) is 19.5 Å². The number of nitrogens with one attached hydrogen (secondary N) is 3. The average Bonchev–Trinajstić information content (AvgIpc) is 3.20. The molecule has 158 valence electrons. The average molecular weight is 420 g/mol. The maximum Gasteiger partial charge on any atom is 0.252 e. The smallest absolute Gasteiger partial charge is 0.252 e. The minimum atomic E-state index is -0.562. The first-order valence-corrected chi connectivity index (χ1v) is 9.64. The van der Waals surface area contributed by atoms with Crippen LogP contribution in [0.2, 0.25) is 0 Å². The van der Waals surface area contributed by atoms with E-state index in [1.54, 1.807) is 44.8 Å². The number of aromatic amines is 1. The van der Waals surface area contributed by atoms with Gasteiger partial charge in [0.2, 0.25) is 11.8 Å². The van der Waals surface area contributed by atoms with Crippen LogP contribution in [0.5, 0.6) is 5.88 Å². The maximum absolute atomic E-state index is 14.7. The lowest BCUT2D eigenvalue weighted by Gasteiger charge is -2.10. The van der Waals surface area contributed by atoms with Gasteiger partial charge in [0.15, 0.2) is 0 Å². The summed E-state index contributed by atoms with van der Waals surface area (Å²) >= 11 is 0. The molecule has 0 bridgehead atoms. The van der Waals surface area contributed by atoms with E-state index in [4.69, 9.17) is 4.74 Å². The third kappa shape index (κ3) is 4.30. The quantitative estimate of drug-likeness (QED) is 0.397. The molecule has 0 radical (unpaired) electrons. The lowest BCUT2D eigenvalue weighted by Crippen LogP contribution is -2.17. The van der Waals surface area contributed by atoms with Crippen molar-refractivity contribution in [2.24, 2.45) is 0 Å². The van der Waals surface area contributed by atoms with Crippen molar-refractivity contribution in [3.05, 3.63) is 77.1 Å². The van der Waals surface area contributed by atoms with Gasteiger partial charge in [0.25, 0.3) is 5.91 Å². The van der Waals surface area contributed by atoms with Gasteiger partial charge in [0.05, 0.1) is 12.7 Å². The zero-order valence-electron chi connectivity index (χ0n) is 17.1.